The molecule has 1 heterocycles. The van der Waals surface area contributed by atoms with Crippen LogP contribution in [-0.4, -0.2) is 41.8 Å². The largest absolute Gasteiger partial charge is 0.393 e. The predicted octanol–water partition coefficient (Wildman–Crippen LogP) is 6.92. The van der Waals surface area contributed by atoms with Crippen molar-refractivity contribution in [3.8, 4) is 11.8 Å². The lowest BCUT2D eigenvalue weighted by molar-refractivity contribution is 0.0515. The fraction of sp³-hybridized carbons (Fsp3) is 0.586. The van der Waals surface area contributed by atoms with E-state index in [-0.39, 0.29) is 28.9 Å². The van der Waals surface area contributed by atoms with E-state index in [0.717, 1.165) is 23.1 Å². The first-order valence-corrected chi connectivity index (χ1v) is 14.2. The molecule has 2 rings (SSSR count). The van der Waals surface area contributed by atoms with Gasteiger partial charge in [-0.1, -0.05) is 61.1 Å². The minimum absolute atomic E-state index is 0.111. The van der Waals surface area contributed by atoms with E-state index in [0.29, 0.717) is 19.6 Å². The number of hydrogen-bond donors (Lipinski definition) is 1. The number of epoxide rings is 1. The molecule has 35 heavy (non-hydrogen) atoms. The van der Waals surface area contributed by atoms with Gasteiger partial charge < -0.3 is 18.9 Å². The molecule has 1 saturated heterocycles. The molecular weight excluding hydrogens is 459 g/mol. The second-order valence-corrected chi connectivity index (χ2v) is 12.4. The molecule has 3 atom stereocenters. The van der Waals surface area contributed by atoms with Crippen LogP contribution in [0.5, 0.6) is 0 Å². The number of rotatable bonds is 10. The van der Waals surface area contributed by atoms with E-state index in [1.54, 1.807) is 19.9 Å². The average Bonchev–Trinajstić information content (AvgIpc) is 3.35. The van der Waals surface area contributed by atoms with Gasteiger partial charge in [-0.05, 0) is 71.8 Å². The number of fused-ring (bicyclic) bond motifs is 1. The van der Waals surface area contributed by atoms with Crippen molar-refractivity contribution in [3.05, 3.63) is 59.3 Å². The highest BCUT2D eigenvalue weighted by Gasteiger charge is 2.74. The second kappa shape index (κ2) is 12.0. The molecule has 6 heteroatoms. The van der Waals surface area contributed by atoms with Crippen LogP contribution in [0.25, 0.3) is 0 Å². The predicted molar refractivity (Wildman–Crippen MR) is 144 cm³/mol. The number of aliphatic hydroxyl groups excluding tert-OH is 1. The first-order valence-electron chi connectivity index (χ1n) is 12.5. The lowest BCUT2D eigenvalue weighted by atomic mass is 9.63. The van der Waals surface area contributed by atoms with E-state index in [2.05, 4.69) is 57.8 Å². The van der Waals surface area contributed by atoms with Crippen LogP contribution < -0.4 is 0 Å². The normalized spacial score (nSPS) is 29.3. The van der Waals surface area contributed by atoms with E-state index >= 15 is 0 Å². The molecule has 0 aromatic carbocycles. The van der Waals surface area contributed by atoms with Gasteiger partial charge >= 0.3 is 7.60 Å². The van der Waals surface area contributed by atoms with Crippen molar-refractivity contribution in [2.24, 2.45) is 5.41 Å². The Morgan fingerprint density at radius 3 is 2.26 bits per heavy atom. The molecule has 2 fully saturated rings. The first-order chi connectivity index (χ1) is 16.3. The molecule has 0 aromatic rings. The van der Waals surface area contributed by atoms with E-state index in [1.807, 2.05) is 32.1 Å². The zero-order valence-electron chi connectivity index (χ0n) is 22.7. The molecule has 0 bridgehead atoms. The van der Waals surface area contributed by atoms with Crippen LogP contribution in [0, 0.1) is 17.3 Å². The second-order valence-electron chi connectivity index (χ2n) is 10.4. The van der Waals surface area contributed by atoms with Crippen LogP contribution in [0.3, 0.4) is 0 Å². The van der Waals surface area contributed by atoms with Crippen molar-refractivity contribution in [3.63, 3.8) is 0 Å². The maximum atomic E-state index is 12.6. The number of hydrogen-bond acceptors (Lipinski definition) is 5. The summed E-state index contributed by atoms with van der Waals surface area (Å²) in [5.41, 5.74) is 2.31. The molecule has 0 spiro atoms. The Labute approximate surface area is 212 Å². The summed E-state index contributed by atoms with van der Waals surface area (Å²) in [6, 6.07) is 0. The Balaban J connectivity index is 1.95. The van der Waals surface area contributed by atoms with Crippen molar-refractivity contribution in [2.45, 2.75) is 85.5 Å². The lowest BCUT2D eigenvalue weighted by Crippen LogP contribution is -2.46. The number of ether oxygens (including phenoxy) is 1. The van der Waals surface area contributed by atoms with Crippen molar-refractivity contribution in [2.75, 3.05) is 19.4 Å². The SMILES string of the molecule is CCOP(=O)(C/C(C)=C/C#C/C=C(C)/C=C/C=C(C)\C=C\[C@@]12O[C@]1(C)C[C@@H](O)CC2(C)C)OCC. The number of aliphatic hydroxyl groups is 1. The highest BCUT2D eigenvalue weighted by atomic mass is 31.2. The Hall–Kier alpha value is -1.67. The fourth-order valence-electron chi connectivity index (χ4n) is 4.97. The van der Waals surface area contributed by atoms with Gasteiger partial charge in [-0.2, -0.15) is 0 Å². The lowest BCUT2D eigenvalue weighted by Gasteiger charge is -2.39. The van der Waals surface area contributed by atoms with Crippen molar-refractivity contribution < 1.29 is 23.5 Å². The zero-order valence-corrected chi connectivity index (χ0v) is 23.6. The summed E-state index contributed by atoms with van der Waals surface area (Å²) < 4.78 is 29.4. The molecule has 0 radical (unpaired) electrons. The molecule has 0 unspecified atom stereocenters. The molecule has 194 valence electrons. The van der Waals surface area contributed by atoms with Gasteiger partial charge in [0, 0.05) is 11.8 Å². The van der Waals surface area contributed by atoms with Gasteiger partial charge in [-0.25, -0.2) is 0 Å². The molecular formula is C29H43O5P. The fourth-order valence-corrected chi connectivity index (χ4v) is 6.72. The Kier molecular flexibility index (Phi) is 10.2. The van der Waals surface area contributed by atoms with Crippen LogP contribution in [0.2, 0.25) is 0 Å². The van der Waals surface area contributed by atoms with Crippen molar-refractivity contribution in [1.29, 1.82) is 0 Å². The van der Waals surface area contributed by atoms with Gasteiger partial charge in [-0.15, -0.1) is 0 Å². The molecule has 0 amide bonds. The molecule has 1 aliphatic carbocycles. The summed E-state index contributed by atoms with van der Waals surface area (Å²) in [5.74, 6) is 6.01. The third-order valence-corrected chi connectivity index (χ3v) is 8.79. The topological polar surface area (TPSA) is 68.3 Å². The highest BCUT2D eigenvalue weighted by molar-refractivity contribution is 7.54. The zero-order chi connectivity index (χ0) is 26.3. The third kappa shape index (κ3) is 7.66. The van der Waals surface area contributed by atoms with E-state index in [9.17, 15) is 9.67 Å². The van der Waals surface area contributed by atoms with E-state index < -0.39 is 7.60 Å². The molecule has 2 aliphatic rings. The Morgan fingerprint density at radius 2 is 1.66 bits per heavy atom. The van der Waals surface area contributed by atoms with Gasteiger partial charge in [0.05, 0.1) is 25.5 Å². The molecule has 0 aromatic heterocycles. The third-order valence-electron chi connectivity index (χ3n) is 6.60. The highest BCUT2D eigenvalue weighted by Crippen LogP contribution is 2.66. The van der Waals surface area contributed by atoms with Crippen LogP contribution in [0.1, 0.15) is 68.2 Å². The summed E-state index contributed by atoms with van der Waals surface area (Å²) in [4.78, 5) is 0. The van der Waals surface area contributed by atoms with Gasteiger partial charge in [0.1, 0.15) is 11.2 Å². The average molecular weight is 503 g/mol. The monoisotopic (exact) mass is 502 g/mol. The smallest absolute Gasteiger partial charge is 0.334 e. The maximum absolute atomic E-state index is 12.6. The van der Waals surface area contributed by atoms with Gasteiger partial charge in [0.15, 0.2) is 0 Å². The van der Waals surface area contributed by atoms with Crippen LogP contribution in [0.4, 0.5) is 0 Å². The van der Waals surface area contributed by atoms with Gasteiger partial charge in [-0.3, -0.25) is 4.57 Å². The summed E-state index contributed by atoms with van der Waals surface area (Å²) in [5, 5.41) is 10.2. The summed E-state index contributed by atoms with van der Waals surface area (Å²) >= 11 is 0. The maximum Gasteiger partial charge on any atom is 0.334 e. The van der Waals surface area contributed by atoms with Crippen molar-refractivity contribution >= 4 is 7.60 Å². The molecule has 1 saturated carbocycles. The molecule has 1 N–H and O–H groups in total. The van der Waals surface area contributed by atoms with Crippen LogP contribution in [-0.2, 0) is 18.3 Å². The molecule has 1 aliphatic heterocycles. The van der Waals surface area contributed by atoms with E-state index in [4.69, 9.17) is 13.8 Å². The van der Waals surface area contributed by atoms with E-state index in [1.165, 1.54) is 0 Å². The standard InChI is InChI=1S/C29H43O5P/c1-9-32-35(31,33-10-2)22-25(5)15-12-11-14-23(3)16-13-17-24(4)18-19-29-27(6,7)20-26(30)21-28(29,8)34-29/h13-19,26,30H,9-10,20-22H2,1-8H3/b16-13+,19-18+,23-14+,24-17-,25-15+/t26-,28+,29-/m0/s1. The summed E-state index contributed by atoms with van der Waals surface area (Å²) in [6.07, 6.45) is 15.3. The minimum atomic E-state index is -3.09. The summed E-state index contributed by atoms with van der Waals surface area (Å²) in [7, 11) is -3.09. The summed E-state index contributed by atoms with van der Waals surface area (Å²) in [6.45, 7) is 16.7. The van der Waals surface area contributed by atoms with Gasteiger partial charge in [0.2, 0.25) is 0 Å². The van der Waals surface area contributed by atoms with Crippen LogP contribution in [0.15, 0.2) is 59.3 Å². The van der Waals surface area contributed by atoms with Crippen molar-refractivity contribution in [1.82, 2.24) is 0 Å². The quantitative estimate of drug-likeness (QED) is 0.152. The molecule has 5 nitrogen and oxygen atoms in total. The van der Waals surface area contributed by atoms with Gasteiger partial charge in [0.25, 0.3) is 0 Å². The Morgan fingerprint density at radius 1 is 1.03 bits per heavy atom. The van der Waals surface area contributed by atoms with Crippen LogP contribution >= 0.6 is 7.60 Å². The minimum Gasteiger partial charge on any atom is -0.393 e. The first kappa shape index (κ1) is 29.6. The number of allylic oxidation sites excluding steroid dienone is 9. The Bertz CT molecular complexity index is 1010.